The zero-order valence-corrected chi connectivity index (χ0v) is 18.6. The molecule has 0 aliphatic heterocycles. The number of nitrogens with zero attached hydrogens (tertiary/aromatic N) is 4. The molecule has 0 saturated carbocycles. The molecule has 0 bridgehead atoms. The molecule has 0 unspecified atom stereocenters. The number of amides is 1. The molecule has 0 fully saturated rings. The van der Waals surface area contributed by atoms with E-state index in [1.165, 1.54) is 11.3 Å². The molecule has 0 radical (unpaired) electrons. The van der Waals surface area contributed by atoms with Gasteiger partial charge < -0.3 is 0 Å². The quantitative estimate of drug-likeness (QED) is 0.319. The first-order valence-corrected chi connectivity index (χ1v) is 11.4. The third-order valence-corrected chi connectivity index (χ3v) is 6.31. The SMILES string of the molecule is O=C(Cc1csc2nc(-c3ccc(Cl)cc3)cn12)N(Cc1ccccc1)c1ccccn1. The predicted octanol–water partition coefficient (Wildman–Crippen LogP) is 5.89. The Morgan fingerprint density at radius 2 is 1.78 bits per heavy atom. The highest BCUT2D eigenvalue weighted by atomic mass is 35.5. The summed E-state index contributed by atoms with van der Waals surface area (Å²) >= 11 is 7.53. The molecule has 5 nitrogen and oxygen atoms in total. The summed E-state index contributed by atoms with van der Waals surface area (Å²) in [4.78, 5) is 25.1. The van der Waals surface area contributed by atoms with Crippen molar-refractivity contribution in [2.75, 3.05) is 4.90 Å². The molecule has 0 aliphatic rings. The highest BCUT2D eigenvalue weighted by molar-refractivity contribution is 7.15. The van der Waals surface area contributed by atoms with Crippen molar-refractivity contribution in [3.63, 3.8) is 0 Å². The molecule has 158 valence electrons. The standard InChI is InChI=1S/C25H19ClN4OS/c26-20-11-9-19(10-12-20)22-16-29-21(17-32-25(29)28-22)14-24(31)30(23-8-4-5-13-27-23)15-18-6-2-1-3-7-18/h1-13,16-17H,14-15H2. The molecule has 0 aliphatic carbocycles. The number of halogens is 1. The van der Waals surface area contributed by atoms with Gasteiger partial charge in [0.2, 0.25) is 5.91 Å². The highest BCUT2D eigenvalue weighted by Crippen LogP contribution is 2.26. The maximum Gasteiger partial charge on any atom is 0.234 e. The molecule has 5 aromatic rings. The summed E-state index contributed by atoms with van der Waals surface area (Å²) in [5.74, 6) is 0.620. The van der Waals surface area contributed by atoms with Gasteiger partial charge in [-0.05, 0) is 29.8 Å². The van der Waals surface area contributed by atoms with Crippen LogP contribution in [0.3, 0.4) is 0 Å². The lowest BCUT2D eigenvalue weighted by molar-refractivity contribution is -0.118. The van der Waals surface area contributed by atoms with Crippen LogP contribution in [0.2, 0.25) is 5.02 Å². The van der Waals surface area contributed by atoms with E-state index in [9.17, 15) is 4.79 Å². The van der Waals surface area contributed by atoms with Crippen LogP contribution in [0.1, 0.15) is 11.3 Å². The first-order valence-electron chi connectivity index (χ1n) is 10.1. The van der Waals surface area contributed by atoms with Gasteiger partial charge in [0.25, 0.3) is 0 Å². The Balaban J connectivity index is 1.43. The molecular formula is C25H19ClN4OS. The summed E-state index contributed by atoms with van der Waals surface area (Å²) in [6, 6.07) is 23.1. The molecule has 5 rings (SSSR count). The number of rotatable bonds is 6. The maximum atomic E-state index is 13.4. The largest absolute Gasteiger partial charge is 0.294 e. The number of thiazole rings is 1. The van der Waals surface area contributed by atoms with Crippen molar-refractivity contribution in [3.8, 4) is 11.3 Å². The van der Waals surface area contributed by atoms with Gasteiger partial charge in [0.1, 0.15) is 5.82 Å². The molecular weight excluding hydrogens is 440 g/mol. The summed E-state index contributed by atoms with van der Waals surface area (Å²) in [6.45, 7) is 0.462. The van der Waals surface area contributed by atoms with Gasteiger partial charge in [-0.2, -0.15) is 0 Å². The zero-order chi connectivity index (χ0) is 21.9. The Hall–Kier alpha value is -3.48. The number of imidazole rings is 1. The van der Waals surface area contributed by atoms with Crippen LogP contribution in [0.15, 0.2) is 90.6 Å². The van der Waals surface area contributed by atoms with Gasteiger partial charge in [0.15, 0.2) is 4.96 Å². The van der Waals surface area contributed by atoms with E-state index >= 15 is 0 Å². The molecule has 3 heterocycles. The zero-order valence-electron chi connectivity index (χ0n) is 17.1. The number of fused-ring (bicyclic) bond motifs is 1. The predicted molar refractivity (Wildman–Crippen MR) is 129 cm³/mol. The fraction of sp³-hybridized carbons (Fsp3) is 0.0800. The summed E-state index contributed by atoms with van der Waals surface area (Å²) in [6.07, 6.45) is 3.93. The molecule has 3 aromatic heterocycles. The Kier molecular flexibility index (Phi) is 5.71. The second kappa shape index (κ2) is 8.94. The molecule has 0 saturated heterocycles. The summed E-state index contributed by atoms with van der Waals surface area (Å²) in [5, 5.41) is 2.68. The molecule has 32 heavy (non-hydrogen) atoms. The van der Waals surface area contributed by atoms with Crippen LogP contribution in [0.25, 0.3) is 16.2 Å². The molecule has 7 heteroatoms. The Labute approximate surface area is 194 Å². The smallest absolute Gasteiger partial charge is 0.234 e. The summed E-state index contributed by atoms with van der Waals surface area (Å²) in [5.41, 5.74) is 3.79. The van der Waals surface area contributed by atoms with Crippen molar-refractivity contribution in [2.45, 2.75) is 13.0 Å². The number of aromatic nitrogens is 3. The lowest BCUT2D eigenvalue weighted by Crippen LogP contribution is -2.32. The van der Waals surface area contributed by atoms with E-state index < -0.39 is 0 Å². The van der Waals surface area contributed by atoms with E-state index in [1.807, 2.05) is 88.8 Å². The average molecular weight is 459 g/mol. The molecule has 0 spiro atoms. The second-order valence-electron chi connectivity index (χ2n) is 7.34. The van der Waals surface area contributed by atoms with Gasteiger partial charge >= 0.3 is 0 Å². The van der Waals surface area contributed by atoms with Gasteiger partial charge in [0, 0.05) is 34.1 Å². The van der Waals surface area contributed by atoms with Crippen LogP contribution in [0.5, 0.6) is 0 Å². The van der Waals surface area contributed by atoms with Crippen LogP contribution in [-0.4, -0.2) is 20.3 Å². The van der Waals surface area contributed by atoms with Crippen LogP contribution < -0.4 is 4.90 Å². The van der Waals surface area contributed by atoms with E-state index in [0.29, 0.717) is 17.4 Å². The minimum Gasteiger partial charge on any atom is -0.294 e. The normalized spacial score (nSPS) is 11.0. The summed E-state index contributed by atoms with van der Waals surface area (Å²) < 4.78 is 1.99. The van der Waals surface area contributed by atoms with Crippen LogP contribution in [-0.2, 0) is 17.8 Å². The topological polar surface area (TPSA) is 50.5 Å². The lowest BCUT2D eigenvalue weighted by atomic mass is 10.2. The lowest BCUT2D eigenvalue weighted by Gasteiger charge is -2.22. The summed E-state index contributed by atoms with van der Waals surface area (Å²) in [7, 11) is 0. The number of benzene rings is 2. The van der Waals surface area contributed by atoms with E-state index in [-0.39, 0.29) is 12.3 Å². The van der Waals surface area contributed by atoms with Crippen molar-refractivity contribution in [1.82, 2.24) is 14.4 Å². The average Bonchev–Trinajstić information content (AvgIpc) is 3.41. The monoisotopic (exact) mass is 458 g/mol. The molecule has 2 aromatic carbocycles. The highest BCUT2D eigenvalue weighted by Gasteiger charge is 2.20. The van der Waals surface area contributed by atoms with E-state index in [4.69, 9.17) is 16.6 Å². The fourth-order valence-electron chi connectivity index (χ4n) is 3.54. The van der Waals surface area contributed by atoms with E-state index in [0.717, 1.165) is 27.5 Å². The Morgan fingerprint density at radius 3 is 2.53 bits per heavy atom. The van der Waals surface area contributed by atoms with Crippen molar-refractivity contribution in [2.24, 2.45) is 0 Å². The van der Waals surface area contributed by atoms with E-state index in [1.54, 1.807) is 11.1 Å². The third-order valence-electron chi connectivity index (χ3n) is 5.17. The number of carbonyl (C=O) groups is 1. The van der Waals surface area contributed by atoms with Gasteiger partial charge in [0.05, 0.1) is 18.7 Å². The Morgan fingerprint density at radius 1 is 1.00 bits per heavy atom. The van der Waals surface area contributed by atoms with Crippen molar-refractivity contribution < 1.29 is 4.79 Å². The minimum atomic E-state index is -0.0194. The van der Waals surface area contributed by atoms with Crippen LogP contribution in [0.4, 0.5) is 5.82 Å². The Bertz CT molecular complexity index is 1350. The van der Waals surface area contributed by atoms with E-state index in [2.05, 4.69) is 4.98 Å². The first-order chi connectivity index (χ1) is 15.7. The third kappa shape index (κ3) is 4.28. The first kappa shape index (κ1) is 20.4. The van der Waals surface area contributed by atoms with Gasteiger partial charge in [-0.15, -0.1) is 11.3 Å². The number of hydrogen-bond acceptors (Lipinski definition) is 4. The minimum absolute atomic E-state index is 0.0194. The number of anilines is 1. The number of pyridine rings is 1. The van der Waals surface area contributed by atoms with Crippen LogP contribution >= 0.6 is 22.9 Å². The number of carbonyl (C=O) groups excluding carboxylic acids is 1. The molecule has 0 N–H and O–H groups in total. The van der Waals surface area contributed by atoms with Gasteiger partial charge in [-0.25, -0.2) is 9.97 Å². The molecule has 1 amide bonds. The van der Waals surface area contributed by atoms with Crippen molar-refractivity contribution in [3.05, 3.63) is 107 Å². The van der Waals surface area contributed by atoms with Crippen LogP contribution in [0, 0.1) is 0 Å². The van der Waals surface area contributed by atoms with Gasteiger partial charge in [-0.3, -0.25) is 14.1 Å². The molecule has 0 atom stereocenters. The second-order valence-corrected chi connectivity index (χ2v) is 8.62. The van der Waals surface area contributed by atoms with Crippen molar-refractivity contribution >= 4 is 39.6 Å². The maximum absolute atomic E-state index is 13.4. The van der Waals surface area contributed by atoms with Gasteiger partial charge in [-0.1, -0.05) is 60.1 Å². The fourth-order valence-corrected chi connectivity index (χ4v) is 4.54. The van der Waals surface area contributed by atoms with Crippen molar-refractivity contribution in [1.29, 1.82) is 0 Å². The number of hydrogen-bond donors (Lipinski definition) is 0.